The molecule has 2 rings (SSSR count). The van der Waals surface area contributed by atoms with Gasteiger partial charge in [-0.15, -0.1) is 0 Å². The molecule has 0 radical (unpaired) electrons. The molecule has 0 aliphatic rings. The lowest BCUT2D eigenvalue weighted by molar-refractivity contribution is -0.143. The van der Waals surface area contributed by atoms with Crippen molar-refractivity contribution in [2.24, 2.45) is 5.73 Å². The van der Waals surface area contributed by atoms with Gasteiger partial charge in [-0.2, -0.15) is 0 Å². The van der Waals surface area contributed by atoms with E-state index in [0.29, 0.717) is 27.8 Å². The van der Waals surface area contributed by atoms with Gasteiger partial charge in [-0.05, 0) is 117 Å². The molecule has 0 aliphatic carbocycles. The van der Waals surface area contributed by atoms with Crippen LogP contribution >= 0.6 is 67.8 Å². The van der Waals surface area contributed by atoms with Crippen molar-refractivity contribution in [3.8, 4) is 17.2 Å². The number of aromatic hydroxyl groups is 1. The summed E-state index contributed by atoms with van der Waals surface area (Å²) in [4.78, 5) is 59.2. The van der Waals surface area contributed by atoms with Gasteiger partial charge in [-0.3, -0.25) is 19.2 Å². The Morgan fingerprint density at radius 1 is 0.805 bits per heavy atom. The number of carbonyl (C=O) groups excluding carboxylic acids is 2. The summed E-state index contributed by atoms with van der Waals surface area (Å²) in [5.41, 5.74) is 6.24. The van der Waals surface area contributed by atoms with Crippen LogP contribution in [0.25, 0.3) is 0 Å². The maximum atomic E-state index is 13.0. The van der Waals surface area contributed by atoms with E-state index in [1.54, 1.807) is 24.3 Å². The number of benzene rings is 2. The molecule has 0 spiro atoms. The molecular weight excluding hydrogens is 883 g/mol. The van der Waals surface area contributed by atoms with Crippen LogP contribution in [-0.2, 0) is 30.4 Å². The van der Waals surface area contributed by atoms with E-state index in [4.69, 9.17) is 20.7 Å². The average Bonchev–Trinajstić information content (AvgIpc) is 2.88. The molecular formula is C25H26I3N3O10. The van der Waals surface area contributed by atoms with Crippen LogP contribution in [0, 0.1) is 10.7 Å². The quantitative estimate of drug-likeness (QED) is 0.129. The Hall–Kier alpha value is -2.46. The smallest absolute Gasteiger partial charge is 0.326 e. The van der Waals surface area contributed by atoms with E-state index in [9.17, 15) is 34.2 Å². The van der Waals surface area contributed by atoms with Gasteiger partial charge in [0, 0.05) is 19.3 Å². The van der Waals surface area contributed by atoms with Crippen molar-refractivity contribution in [3.05, 3.63) is 46.6 Å². The van der Waals surface area contributed by atoms with Crippen LogP contribution in [0.2, 0.25) is 0 Å². The summed E-state index contributed by atoms with van der Waals surface area (Å²) < 4.78 is 7.88. The number of carboxylic acid groups (broad SMARTS) is 3. The maximum Gasteiger partial charge on any atom is 0.326 e. The van der Waals surface area contributed by atoms with Crippen LogP contribution in [0.5, 0.6) is 17.2 Å². The van der Waals surface area contributed by atoms with Gasteiger partial charge < -0.3 is 41.5 Å². The second-order valence-electron chi connectivity index (χ2n) is 8.74. The molecule has 0 saturated carbocycles. The Bertz CT molecular complexity index is 1300. The van der Waals surface area contributed by atoms with Crippen LogP contribution in [0.15, 0.2) is 30.3 Å². The van der Waals surface area contributed by atoms with Crippen molar-refractivity contribution in [2.45, 2.75) is 50.2 Å². The highest BCUT2D eigenvalue weighted by Crippen LogP contribution is 2.35. The number of phenols is 1. The van der Waals surface area contributed by atoms with Gasteiger partial charge in [-0.1, -0.05) is 0 Å². The minimum absolute atomic E-state index is 0.116. The van der Waals surface area contributed by atoms with Gasteiger partial charge in [0.25, 0.3) is 0 Å². The topological polar surface area (TPSA) is 226 Å². The number of ether oxygens (including phenoxy) is 1. The highest BCUT2D eigenvalue weighted by molar-refractivity contribution is 14.1. The Morgan fingerprint density at radius 3 is 1.90 bits per heavy atom. The molecule has 8 N–H and O–H groups in total. The van der Waals surface area contributed by atoms with Gasteiger partial charge in [-0.25, -0.2) is 4.79 Å². The Morgan fingerprint density at radius 2 is 1.37 bits per heavy atom. The second kappa shape index (κ2) is 16.2. The van der Waals surface area contributed by atoms with Crippen LogP contribution in [-0.4, -0.2) is 68.3 Å². The maximum absolute atomic E-state index is 13.0. The fraction of sp³-hybridized carbons (Fsp3) is 0.320. The molecule has 0 aromatic heterocycles. The monoisotopic (exact) mass is 909 g/mol. The molecule has 2 aromatic carbocycles. The molecule has 0 bridgehead atoms. The van der Waals surface area contributed by atoms with Crippen molar-refractivity contribution in [1.82, 2.24) is 10.6 Å². The summed E-state index contributed by atoms with van der Waals surface area (Å²) in [5, 5.41) is 42.0. The lowest BCUT2D eigenvalue weighted by atomic mass is 10.0. The first kappa shape index (κ1) is 34.7. The van der Waals surface area contributed by atoms with E-state index in [2.05, 4.69) is 10.6 Å². The van der Waals surface area contributed by atoms with Crippen molar-refractivity contribution in [2.75, 3.05) is 0 Å². The van der Waals surface area contributed by atoms with Crippen LogP contribution < -0.4 is 21.1 Å². The zero-order valence-electron chi connectivity index (χ0n) is 21.1. The van der Waals surface area contributed by atoms with Crippen molar-refractivity contribution >= 4 is 97.5 Å². The highest BCUT2D eigenvalue weighted by atomic mass is 127. The van der Waals surface area contributed by atoms with E-state index in [-0.39, 0.29) is 25.0 Å². The molecule has 3 atom stereocenters. The Balaban J connectivity index is 2.18. The van der Waals surface area contributed by atoms with Gasteiger partial charge in [0.05, 0.1) is 16.8 Å². The normalized spacial score (nSPS) is 13.0. The molecule has 0 saturated heterocycles. The SMILES string of the molecule is N[C@@H](CCC(=O)O)C(=O)N[C@@H](CCC(=O)O)C(=O)N[C@@H](Cc1cc(I)c(Oc2ccc(O)c(I)c2)c(I)c1)C(=O)O. The van der Waals surface area contributed by atoms with Crippen molar-refractivity contribution in [1.29, 1.82) is 0 Å². The zero-order valence-corrected chi connectivity index (χ0v) is 27.6. The number of hydrogen-bond donors (Lipinski definition) is 7. The van der Waals surface area contributed by atoms with Crippen LogP contribution in [0.1, 0.15) is 31.2 Å². The molecule has 0 unspecified atom stereocenters. The fourth-order valence-corrected chi connectivity index (χ4v) is 6.03. The molecule has 0 fully saturated rings. The van der Waals surface area contributed by atoms with E-state index < -0.39 is 60.7 Å². The van der Waals surface area contributed by atoms with E-state index in [1.165, 1.54) is 6.07 Å². The highest BCUT2D eigenvalue weighted by Gasteiger charge is 2.29. The second-order valence-corrected chi connectivity index (χ2v) is 12.2. The number of nitrogens with two attached hydrogens (primary N) is 1. The summed E-state index contributed by atoms with van der Waals surface area (Å²) >= 11 is 6.04. The lowest BCUT2D eigenvalue weighted by Crippen LogP contribution is -2.55. The zero-order chi connectivity index (χ0) is 30.9. The standard InChI is InChI=1S/C25H26I3N3O10/c26-13-10-12(1-4-19(13)32)41-22-14(27)7-11(8-15(22)28)9-18(25(39)40)31-24(38)17(3-6-21(35)36)30-23(37)16(29)2-5-20(33)34/h1,4,7-8,10,16-18,32H,2-3,5-6,9,29H2,(H,30,37)(H,31,38)(H,33,34)(H,35,36)(H,39,40)/t16-,17-,18-/m0/s1. The number of nitrogens with one attached hydrogen (secondary N) is 2. The first-order valence-corrected chi connectivity index (χ1v) is 15.1. The molecule has 13 nitrogen and oxygen atoms in total. The van der Waals surface area contributed by atoms with Gasteiger partial charge in [0.2, 0.25) is 11.8 Å². The summed E-state index contributed by atoms with van der Waals surface area (Å²) in [5.74, 6) is -4.44. The van der Waals surface area contributed by atoms with Crippen LogP contribution in [0.3, 0.4) is 0 Å². The fourth-order valence-electron chi connectivity index (χ4n) is 3.43. The number of hydrogen-bond acceptors (Lipinski definition) is 8. The van der Waals surface area contributed by atoms with E-state index >= 15 is 0 Å². The Kier molecular flexibility index (Phi) is 13.8. The summed E-state index contributed by atoms with van der Waals surface area (Å²) in [6, 6.07) is 4.03. The number of aliphatic carboxylic acids is 3. The molecule has 2 amide bonds. The first-order valence-electron chi connectivity index (χ1n) is 11.8. The third-order valence-electron chi connectivity index (χ3n) is 5.54. The number of rotatable bonds is 15. The minimum atomic E-state index is -1.43. The molecule has 222 valence electrons. The largest absolute Gasteiger partial charge is 0.507 e. The first-order chi connectivity index (χ1) is 19.2. The van der Waals surface area contributed by atoms with Gasteiger partial charge >= 0.3 is 17.9 Å². The van der Waals surface area contributed by atoms with Crippen molar-refractivity contribution in [3.63, 3.8) is 0 Å². The summed E-state index contributed by atoms with van der Waals surface area (Å²) in [6.45, 7) is 0. The lowest BCUT2D eigenvalue weighted by Gasteiger charge is -2.23. The van der Waals surface area contributed by atoms with Gasteiger partial charge in [0.1, 0.15) is 23.6 Å². The number of phenolic OH excluding ortho intramolecular Hbond substituents is 1. The predicted octanol–water partition coefficient (Wildman–Crippen LogP) is 2.65. The molecule has 0 heterocycles. The van der Waals surface area contributed by atoms with E-state index in [0.717, 1.165) is 0 Å². The number of amides is 2. The summed E-state index contributed by atoms with van der Waals surface area (Å²) in [7, 11) is 0. The van der Waals surface area contributed by atoms with Crippen LogP contribution in [0.4, 0.5) is 0 Å². The average molecular weight is 909 g/mol. The molecule has 16 heteroatoms. The van der Waals surface area contributed by atoms with Gasteiger partial charge in [0.15, 0.2) is 5.75 Å². The van der Waals surface area contributed by atoms with E-state index in [1.807, 2.05) is 67.8 Å². The molecule has 0 aliphatic heterocycles. The third-order valence-corrected chi connectivity index (χ3v) is 8.00. The number of carboxylic acids is 3. The Labute approximate surface area is 275 Å². The minimum Gasteiger partial charge on any atom is -0.507 e. The third kappa shape index (κ3) is 11.4. The number of carbonyl (C=O) groups is 5. The summed E-state index contributed by atoms with van der Waals surface area (Å²) in [6.07, 6.45) is -1.59. The van der Waals surface area contributed by atoms with Crippen molar-refractivity contribution < 1.29 is 49.1 Å². The predicted molar refractivity (Wildman–Crippen MR) is 170 cm³/mol. The molecule has 2 aromatic rings. The number of halogens is 3. The molecule has 41 heavy (non-hydrogen) atoms.